The van der Waals surface area contributed by atoms with Crippen molar-refractivity contribution in [2.24, 2.45) is 0 Å². The molecule has 1 fully saturated rings. The lowest BCUT2D eigenvalue weighted by atomic mass is 10.2. The summed E-state index contributed by atoms with van der Waals surface area (Å²) < 4.78 is 26.5. The molecule has 1 saturated heterocycles. The molecule has 0 radical (unpaired) electrons. The number of pyridine rings is 1. The van der Waals surface area contributed by atoms with Gasteiger partial charge in [-0.1, -0.05) is 6.07 Å². The minimum atomic E-state index is -0.794. The highest BCUT2D eigenvalue weighted by atomic mass is 19.2. The van der Waals surface area contributed by atoms with Gasteiger partial charge in [-0.05, 0) is 37.1 Å². The molecule has 1 aromatic carbocycles. The second kappa shape index (κ2) is 7.04. The van der Waals surface area contributed by atoms with E-state index in [-0.39, 0.29) is 0 Å². The van der Waals surface area contributed by atoms with E-state index in [1.165, 1.54) is 17.7 Å². The smallest absolute Gasteiger partial charge is 0.160 e. The van der Waals surface area contributed by atoms with Crippen LogP contribution in [0, 0.1) is 18.6 Å². The molecule has 1 aliphatic heterocycles. The van der Waals surface area contributed by atoms with Gasteiger partial charge in [0, 0.05) is 56.4 Å². The number of rotatable bonds is 3. The molecule has 0 aliphatic carbocycles. The fourth-order valence-electron chi connectivity index (χ4n) is 2.92. The highest BCUT2D eigenvalue weighted by molar-refractivity contribution is 5.46. The Morgan fingerprint density at radius 2 is 1.87 bits per heavy atom. The van der Waals surface area contributed by atoms with Crippen LogP contribution in [0.3, 0.4) is 0 Å². The van der Waals surface area contributed by atoms with Crippen LogP contribution in [0.1, 0.15) is 17.7 Å². The second-order valence-corrected chi connectivity index (χ2v) is 6.02. The number of aromatic nitrogens is 1. The van der Waals surface area contributed by atoms with Crippen molar-refractivity contribution in [3.63, 3.8) is 0 Å². The van der Waals surface area contributed by atoms with Crippen molar-refractivity contribution in [1.82, 2.24) is 9.88 Å². The highest BCUT2D eigenvalue weighted by Gasteiger charge is 2.16. The fourth-order valence-corrected chi connectivity index (χ4v) is 2.92. The van der Waals surface area contributed by atoms with Gasteiger partial charge in [0.2, 0.25) is 0 Å². The minimum absolute atomic E-state index is 0.753. The van der Waals surface area contributed by atoms with Crippen molar-refractivity contribution in [1.29, 1.82) is 0 Å². The van der Waals surface area contributed by atoms with E-state index in [1.807, 2.05) is 19.2 Å². The predicted octanol–water partition coefficient (Wildman–Crippen LogP) is 3.38. The van der Waals surface area contributed by atoms with E-state index < -0.39 is 11.6 Å². The first kappa shape index (κ1) is 15.9. The van der Waals surface area contributed by atoms with Crippen LogP contribution in [0.4, 0.5) is 14.5 Å². The van der Waals surface area contributed by atoms with Crippen molar-refractivity contribution in [3.05, 3.63) is 59.4 Å². The first-order chi connectivity index (χ1) is 11.1. The molecule has 3 nitrogen and oxygen atoms in total. The Morgan fingerprint density at radius 1 is 1.00 bits per heavy atom. The van der Waals surface area contributed by atoms with Gasteiger partial charge in [0.1, 0.15) is 0 Å². The molecule has 0 atom stereocenters. The van der Waals surface area contributed by atoms with E-state index in [4.69, 9.17) is 0 Å². The summed E-state index contributed by atoms with van der Waals surface area (Å²) in [6.07, 6.45) is 2.92. The summed E-state index contributed by atoms with van der Waals surface area (Å²) in [5.41, 5.74) is 2.98. The minimum Gasteiger partial charge on any atom is -0.370 e. The van der Waals surface area contributed by atoms with Crippen molar-refractivity contribution in [2.45, 2.75) is 19.9 Å². The Balaban J connectivity index is 1.62. The van der Waals surface area contributed by atoms with Gasteiger partial charge in [-0.25, -0.2) is 8.78 Å². The zero-order valence-electron chi connectivity index (χ0n) is 13.3. The summed E-state index contributed by atoms with van der Waals surface area (Å²) in [5, 5.41) is 0. The van der Waals surface area contributed by atoms with Crippen LogP contribution < -0.4 is 4.90 Å². The quantitative estimate of drug-likeness (QED) is 0.865. The third kappa shape index (κ3) is 4.05. The van der Waals surface area contributed by atoms with Crippen LogP contribution in [0.25, 0.3) is 0 Å². The lowest BCUT2D eigenvalue weighted by molar-refractivity contribution is 0.285. The lowest BCUT2D eigenvalue weighted by Gasteiger charge is -2.23. The van der Waals surface area contributed by atoms with E-state index in [0.717, 1.165) is 50.5 Å². The van der Waals surface area contributed by atoms with E-state index in [0.29, 0.717) is 0 Å². The van der Waals surface area contributed by atoms with E-state index in [1.54, 1.807) is 6.07 Å². The second-order valence-electron chi connectivity index (χ2n) is 6.02. The average Bonchev–Trinajstić information content (AvgIpc) is 2.78. The van der Waals surface area contributed by atoms with Crippen LogP contribution in [-0.4, -0.2) is 36.1 Å². The Bertz CT molecular complexity index is 658. The number of anilines is 1. The van der Waals surface area contributed by atoms with E-state index in [2.05, 4.69) is 20.9 Å². The number of halogens is 2. The predicted molar refractivity (Wildman–Crippen MR) is 87.4 cm³/mol. The molecular weight excluding hydrogens is 296 g/mol. The average molecular weight is 317 g/mol. The fraction of sp³-hybridized carbons (Fsp3) is 0.389. The number of hydrogen-bond donors (Lipinski definition) is 0. The van der Waals surface area contributed by atoms with E-state index in [9.17, 15) is 8.78 Å². The Kier molecular flexibility index (Phi) is 4.86. The monoisotopic (exact) mass is 317 g/mol. The van der Waals surface area contributed by atoms with Crippen molar-refractivity contribution in [3.8, 4) is 0 Å². The van der Waals surface area contributed by atoms with Gasteiger partial charge in [-0.2, -0.15) is 0 Å². The molecule has 122 valence electrons. The summed E-state index contributed by atoms with van der Waals surface area (Å²) in [6.45, 7) is 6.41. The maximum Gasteiger partial charge on any atom is 0.160 e. The Morgan fingerprint density at radius 3 is 2.61 bits per heavy atom. The molecule has 0 spiro atoms. The van der Waals surface area contributed by atoms with Crippen LogP contribution in [-0.2, 0) is 6.54 Å². The van der Waals surface area contributed by atoms with Crippen LogP contribution >= 0.6 is 0 Å². The zero-order valence-corrected chi connectivity index (χ0v) is 13.3. The molecule has 23 heavy (non-hydrogen) atoms. The number of aryl methyl sites for hydroxylation is 1. The summed E-state index contributed by atoms with van der Waals surface area (Å²) in [5.74, 6) is -1.58. The first-order valence-corrected chi connectivity index (χ1v) is 7.96. The third-order valence-corrected chi connectivity index (χ3v) is 4.24. The maximum atomic E-state index is 13.4. The van der Waals surface area contributed by atoms with Gasteiger partial charge in [-0.15, -0.1) is 0 Å². The first-order valence-electron chi connectivity index (χ1n) is 7.96. The van der Waals surface area contributed by atoms with Gasteiger partial charge in [0.25, 0.3) is 0 Å². The molecule has 0 saturated carbocycles. The normalized spacial score (nSPS) is 16.4. The number of hydrogen-bond acceptors (Lipinski definition) is 3. The SMILES string of the molecule is Cc1ccc(CN2CCCN(c3ccc(F)c(F)c3)CC2)cn1. The molecule has 0 bridgehead atoms. The van der Waals surface area contributed by atoms with Gasteiger partial charge in [0.05, 0.1) is 0 Å². The highest BCUT2D eigenvalue weighted by Crippen LogP contribution is 2.20. The van der Waals surface area contributed by atoms with Crippen LogP contribution in [0.5, 0.6) is 0 Å². The molecule has 5 heteroatoms. The van der Waals surface area contributed by atoms with Crippen LogP contribution in [0.15, 0.2) is 36.5 Å². The molecule has 0 N–H and O–H groups in total. The molecule has 2 heterocycles. The molecule has 0 unspecified atom stereocenters. The molecule has 1 aliphatic rings. The Labute approximate surface area is 135 Å². The summed E-state index contributed by atoms with van der Waals surface area (Å²) in [4.78, 5) is 8.84. The molecular formula is C18H21F2N3. The summed E-state index contributed by atoms with van der Waals surface area (Å²) in [7, 11) is 0. The molecule has 1 aromatic heterocycles. The standard InChI is InChI=1S/C18H21F2N3/c1-14-3-4-15(12-21-14)13-22-7-2-8-23(10-9-22)16-5-6-17(19)18(20)11-16/h3-6,11-12H,2,7-10,13H2,1H3. The van der Waals surface area contributed by atoms with Crippen molar-refractivity contribution < 1.29 is 8.78 Å². The van der Waals surface area contributed by atoms with E-state index >= 15 is 0 Å². The van der Waals surface area contributed by atoms with Gasteiger partial charge >= 0.3 is 0 Å². The molecule has 3 rings (SSSR count). The van der Waals surface area contributed by atoms with Crippen molar-refractivity contribution >= 4 is 5.69 Å². The largest absolute Gasteiger partial charge is 0.370 e. The Hall–Kier alpha value is -2.01. The van der Waals surface area contributed by atoms with Gasteiger partial charge in [-0.3, -0.25) is 9.88 Å². The topological polar surface area (TPSA) is 19.4 Å². The van der Waals surface area contributed by atoms with Crippen molar-refractivity contribution in [2.75, 3.05) is 31.1 Å². The molecule has 0 amide bonds. The maximum absolute atomic E-state index is 13.4. The zero-order chi connectivity index (χ0) is 16.2. The van der Waals surface area contributed by atoms with Gasteiger partial charge in [0.15, 0.2) is 11.6 Å². The lowest BCUT2D eigenvalue weighted by Crippen LogP contribution is -2.30. The van der Waals surface area contributed by atoms with Gasteiger partial charge < -0.3 is 4.90 Å². The number of benzene rings is 1. The van der Waals surface area contributed by atoms with Crippen LogP contribution in [0.2, 0.25) is 0 Å². The third-order valence-electron chi connectivity index (χ3n) is 4.24. The summed E-state index contributed by atoms with van der Waals surface area (Å²) >= 11 is 0. The molecule has 2 aromatic rings. The number of nitrogens with zero attached hydrogens (tertiary/aromatic N) is 3. The summed E-state index contributed by atoms with van der Waals surface area (Å²) in [6, 6.07) is 8.28.